The van der Waals surface area contributed by atoms with Crippen LogP contribution in [0.2, 0.25) is 0 Å². The van der Waals surface area contributed by atoms with Crippen LogP contribution in [-0.2, 0) is 6.54 Å². The molecule has 1 fully saturated rings. The van der Waals surface area contributed by atoms with Crippen LogP contribution in [0.4, 0.5) is 5.69 Å². The summed E-state index contributed by atoms with van der Waals surface area (Å²) in [4.78, 5) is 13.2. The number of piperidine rings is 1. The molecule has 0 radical (unpaired) electrons. The highest BCUT2D eigenvalue weighted by Crippen LogP contribution is 2.18. The van der Waals surface area contributed by atoms with Gasteiger partial charge in [-0.2, -0.15) is 0 Å². The van der Waals surface area contributed by atoms with Gasteiger partial charge in [0.15, 0.2) is 5.96 Å². The van der Waals surface area contributed by atoms with E-state index in [1.807, 2.05) is 20.2 Å². The zero-order chi connectivity index (χ0) is 14.5. The number of rotatable bonds is 3. The number of anilines is 1. The van der Waals surface area contributed by atoms with E-state index in [0.29, 0.717) is 12.5 Å². The fraction of sp³-hybridized carbons (Fsp3) is 0.600. The lowest BCUT2D eigenvalue weighted by Crippen LogP contribution is -2.42. The van der Waals surface area contributed by atoms with E-state index in [-0.39, 0.29) is 0 Å². The smallest absolute Gasteiger partial charge is 0.191 e. The molecule has 5 heteroatoms. The number of pyridine rings is 1. The van der Waals surface area contributed by atoms with Crippen molar-refractivity contribution in [1.82, 2.24) is 9.88 Å². The average Bonchev–Trinajstić information content (AvgIpc) is 2.45. The minimum atomic E-state index is 0.534. The lowest BCUT2D eigenvalue weighted by atomic mass is 10.00. The molecule has 1 aliphatic heterocycles. The summed E-state index contributed by atoms with van der Waals surface area (Å²) >= 11 is 0. The highest BCUT2D eigenvalue weighted by molar-refractivity contribution is 5.78. The Labute approximate surface area is 121 Å². The molecule has 20 heavy (non-hydrogen) atoms. The summed E-state index contributed by atoms with van der Waals surface area (Å²) < 4.78 is 0. The zero-order valence-electron chi connectivity index (χ0n) is 12.7. The number of likely N-dealkylation sites (tertiary alicyclic amines) is 1. The highest BCUT2D eigenvalue weighted by atomic mass is 15.3. The first-order valence-electron chi connectivity index (χ1n) is 7.24. The van der Waals surface area contributed by atoms with Crippen LogP contribution in [0, 0.1) is 5.92 Å². The summed E-state index contributed by atoms with van der Waals surface area (Å²) in [5.74, 6) is 1.45. The van der Waals surface area contributed by atoms with E-state index in [9.17, 15) is 0 Å². The number of nitrogens with two attached hydrogens (primary N) is 1. The van der Waals surface area contributed by atoms with Gasteiger partial charge in [0, 0.05) is 33.4 Å². The van der Waals surface area contributed by atoms with Gasteiger partial charge in [0.25, 0.3) is 0 Å². The van der Waals surface area contributed by atoms with Crippen molar-refractivity contribution in [3.8, 4) is 0 Å². The SMILES string of the molecule is CC1CCN(C(N)=NCc2ncccc2N(C)C)CC1. The molecule has 0 spiro atoms. The van der Waals surface area contributed by atoms with Gasteiger partial charge in [-0.25, -0.2) is 4.99 Å². The van der Waals surface area contributed by atoms with Crippen LogP contribution in [0.25, 0.3) is 0 Å². The third-order valence-electron chi connectivity index (χ3n) is 3.85. The quantitative estimate of drug-likeness (QED) is 0.674. The first kappa shape index (κ1) is 14.6. The van der Waals surface area contributed by atoms with E-state index < -0.39 is 0 Å². The lowest BCUT2D eigenvalue weighted by Gasteiger charge is -2.31. The molecule has 0 amide bonds. The number of aromatic nitrogens is 1. The molecular weight excluding hydrogens is 250 g/mol. The normalized spacial score (nSPS) is 17.4. The van der Waals surface area contributed by atoms with E-state index >= 15 is 0 Å². The number of aliphatic imine (C=N–C) groups is 1. The molecule has 1 aliphatic rings. The summed E-state index contributed by atoms with van der Waals surface area (Å²) in [6.45, 7) is 4.85. The minimum Gasteiger partial charge on any atom is -0.376 e. The van der Waals surface area contributed by atoms with E-state index in [0.717, 1.165) is 30.4 Å². The van der Waals surface area contributed by atoms with Crippen molar-refractivity contribution < 1.29 is 0 Å². The van der Waals surface area contributed by atoms with Crippen molar-refractivity contribution in [2.45, 2.75) is 26.3 Å². The monoisotopic (exact) mass is 275 g/mol. The van der Waals surface area contributed by atoms with Gasteiger partial charge in [-0.3, -0.25) is 4.98 Å². The molecule has 0 saturated carbocycles. The Morgan fingerprint density at radius 3 is 2.80 bits per heavy atom. The maximum Gasteiger partial charge on any atom is 0.191 e. The second kappa shape index (κ2) is 6.59. The van der Waals surface area contributed by atoms with Crippen molar-refractivity contribution >= 4 is 11.6 Å². The molecule has 1 saturated heterocycles. The van der Waals surface area contributed by atoms with Crippen LogP contribution in [0.15, 0.2) is 23.3 Å². The maximum atomic E-state index is 6.10. The molecule has 2 rings (SSSR count). The van der Waals surface area contributed by atoms with Crippen LogP contribution in [0.1, 0.15) is 25.5 Å². The second-order valence-electron chi connectivity index (χ2n) is 5.71. The lowest BCUT2D eigenvalue weighted by molar-refractivity contribution is 0.277. The summed E-state index contributed by atoms with van der Waals surface area (Å²) in [6.07, 6.45) is 4.20. The largest absolute Gasteiger partial charge is 0.376 e. The van der Waals surface area contributed by atoms with E-state index in [1.165, 1.54) is 12.8 Å². The predicted molar refractivity (Wildman–Crippen MR) is 83.9 cm³/mol. The van der Waals surface area contributed by atoms with Crippen molar-refractivity contribution in [3.05, 3.63) is 24.0 Å². The van der Waals surface area contributed by atoms with E-state index in [4.69, 9.17) is 5.73 Å². The molecule has 110 valence electrons. The topological polar surface area (TPSA) is 57.8 Å². The minimum absolute atomic E-state index is 0.534. The Hall–Kier alpha value is -1.78. The van der Waals surface area contributed by atoms with Crippen LogP contribution in [0.5, 0.6) is 0 Å². The number of guanidine groups is 1. The summed E-state index contributed by atoms with van der Waals surface area (Å²) in [5, 5.41) is 0. The van der Waals surface area contributed by atoms with Gasteiger partial charge in [-0.05, 0) is 30.9 Å². The second-order valence-corrected chi connectivity index (χ2v) is 5.71. The first-order valence-corrected chi connectivity index (χ1v) is 7.24. The molecule has 0 bridgehead atoms. The van der Waals surface area contributed by atoms with Gasteiger partial charge in [-0.1, -0.05) is 6.92 Å². The van der Waals surface area contributed by atoms with E-state index in [1.54, 1.807) is 6.20 Å². The van der Waals surface area contributed by atoms with Crippen LogP contribution in [-0.4, -0.2) is 43.0 Å². The molecule has 1 aromatic rings. The summed E-state index contributed by atoms with van der Waals surface area (Å²) in [5.41, 5.74) is 8.16. The number of nitrogens with zero attached hydrogens (tertiary/aromatic N) is 4. The van der Waals surface area contributed by atoms with Gasteiger partial charge in [0.05, 0.1) is 17.9 Å². The molecule has 0 aliphatic carbocycles. The molecule has 2 heterocycles. The van der Waals surface area contributed by atoms with E-state index in [2.05, 4.69) is 32.8 Å². The Bertz CT molecular complexity index is 461. The summed E-state index contributed by atoms with van der Waals surface area (Å²) in [6, 6.07) is 3.99. The third kappa shape index (κ3) is 3.62. The fourth-order valence-electron chi connectivity index (χ4n) is 2.45. The molecule has 0 aromatic carbocycles. The Morgan fingerprint density at radius 1 is 1.45 bits per heavy atom. The van der Waals surface area contributed by atoms with Crippen LogP contribution in [0.3, 0.4) is 0 Å². The standard InChI is InChI=1S/C15H25N5/c1-12-6-9-20(10-7-12)15(16)18-11-13-14(19(2)3)5-4-8-17-13/h4-5,8,12H,6-7,9-11H2,1-3H3,(H2,16,18). The van der Waals surface area contributed by atoms with Crippen molar-refractivity contribution in [2.75, 3.05) is 32.1 Å². The highest BCUT2D eigenvalue weighted by Gasteiger charge is 2.17. The third-order valence-corrected chi connectivity index (χ3v) is 3.85. The molecule has 5 nitrogen and oxygen atoms in total. The van der Waals surface area contributed by atoms with Gasteiger partial charge in [0.1, 0.15) is 0 Å². The van der Waals surface area contributed by atoms with Crippen molar-refractivity contribution in [1.29, 1.82) is 0 Å². The van der Waals surface area contributed by atoms with Crippen LogP contribution < -0.4 is 10.6 Å². The predicted octanol–water partition coefficient (Wildman–Crippen LogP) is 1.69. The Morgan fingerprint density at radius 2 is 2.15 bits per heavy atom. The molecule has 2 N–H and O–H groups in total. The molecule has 0 atom stereocenters. The summed E-state index contributed by atoms with van der Waals surface area (Å²) in [7, 11) is 4.03. The first-order chi connectivity index (χ1) is 9.58. The maximum absolute atomic E-state index is 6.10. The van der Waals surface area contributed by atoms with Crippen molar-refractivity contribution in [2.24, 2.45) is 16.6 Å². The zero-order valence-corrected chi connectivity index (χ0v) is 12.7. The number of hydrogen-bond acceptors (Lipinski definition) is 3. The van der Waals surface area contributed by atoms with Gasteiger partial charge < -0.3 is 15.5 Å². The number of hydrogen-bond donors (Lipinski definition) is 1. The van der Waals surface area contributed by atoms with Crippen molar-refractivity contribution in [3.63, 3.8) is 0 Å². The van der Waals surface area contributed by atoms with Crippen LogP contribution >= 0.6 is 0 Å². The average molecular weight is 275 g/mol. The Balaban J connectivity index is 2.01. The Kier molecular flexibility index (Phi) is 4.82. The van der Waals surface area contributed by atoms with Gasteiger partial charge in [-0.15, -0.1) is 0 Å². The molecule has 0 unspecified atom stereocenters. The fourth-order valence-corrected chi connectivity index (χ4v) is 2.45. The van der Waals surface area contributed by atoms with Gasteiger partial charge >= 0.3 is 0 Å². The molecular formula is C15H25N5. The molecule has 1 aromatic heterocycles. The van der Waals surface area contributed by atoms with Gasteiger partial charge in [0.2, 0.25) is 0 Å².